The van der Waals surface area contributed by atoms with Crippen molar-refractivity contribution < 1.29 is 9.94 Å². The van der Waals surface area contributed by atoms with Crippen LogP contribution in [0.5, 0.6) is 11.6 Å². The third kappa shape index (κ3) is 3.31. The van der Waals surface area contributed by atoms with Gasteiger partial charge in [0.25, 0.3) is 0 Å². The first kappa shape index (κ1) is 14.8. The molecule has 110 valence electrons. The van der Waals surface area contributed by atoms with E-state index in [1.807, 2.05) is 44.2 Å². The van der Waals surface area contributed by atoms with E-state index in [1.165, 1.54) is 5.56 Å². The van der Waals surface area contributed by atoms with Gasteiger partial charge in [-0.1, -0.05) is 24.2 Å². The minimum atomic E-state index is -0.0124. The number of amidine groups is 1. The summed E-state index contributed by atoms with van der Waals surface area (Å²) < 4.78 is 5.85. The van der Waals surface area contributed by atoms with Crippen LogP contribution in [0.25, 0.3) is 0 Å². The highest BCUT2D eigenvalue weighted by Crippen LogP contribution is 2.27. The van der Waals surface area contributed by atoms with E-state index in [0.717, 1.165) is 17.7 Å². The van der Waals surface area contributed by atoms with Gasteiger partial charge in [0.15, 0.2) is 5.84 Å². The highest BCUT2D eigenvalue weighted by Gasteiger charge is 2.15. The number of hydrogen-bond donors (Lipinski definition) is 2. The fourth-order valence-corrected chi connectivity index (χ4v) is 2.18. The van der Waals surface area contributed by atoms with Crippen molar-refractivity contribution in [3.05, 3.63) is 52.7 Å². The van der Waals surface area contributed by atoms with Gasteiger partial charge in [-0.15, -0.1) is 0 Å². The predicted octanol–water partition coefficient (Wildman–Crippen LogP) is 3.15. The first-order valence-electron chi connectivity index (χ1n) is 6.78. The van der Waals surface area contributed by atoms with E-state index in [2.05, 4.69) is 17.1 Å². The van der Waals surface area contributed by atoms with E-state index >= 15 is 0 Å². The number of rotatable bonds is 4. The third-order valence-corrected chi connectivity index (χ3v) is 3.20. The van der Waals surface area contributed by atoms with Gasteiger partial charge in [0, 0.05) is 5.69 Å². The molecule has 0 radical (unpaired) electrons. The fourth-order valence-electron chi connectivity index (χ4n) is 2.18. The molecule has 0 saturated carbocycles. The number of ether oxygens (including phenoxy) is 1. The van der Waals surface area contributed by atoms with Crippen LogP contribution in [-0.4, -0.2) is 16.0 Å². The molecule has 3 N–H and O–H groups in total. The summed E-state index contributed by atoms with van der Waals surface area (Å²) in [5.41, 5.74) is 9.06. The summed E-state index contributed by atoms with van der Waals surface area (Å²) in [4.78, 5) is 4.36. The second kappa shape index (κ2) is 6.26. The van der Waals surface area contributed by atoms with E-state index in [1.54, 1.807) is 0 Å². The minimum absolute atomic E-state index is 0.0124. The zero-order valence-electron chi connectivity index (χ0n) is 12.4. The molecular weight excluding hydrogens is 266 g/mol. The summed E-state index contributed by atoms with van der Waals surface area (Å²) >= 11 is 0. The Labute approximate surface area is 124 Å². The zero-order chi connectivity index (χ0) is 15.4. The largest absolute Gasteiger partial charge is 0.438 e. The molecule has 1 heterocycles. The normalized spacial score (nSPS) is 11.5. The number of hydrogen-bond acceptors (Lipinski definition) is 4. The van der Waals surface area contributed by atoms with Crippen molar-refractivity contribution in [3.63, 3.8) is 0 Å². The Balaban J connectivity index is 2.47. The summed E-state index contributed by atoms with van der Waals surface area (Å²) in [5, 5.41) is 12.0. The molecule has 0 aliphatic heterocycles. The van der Waals surface area contributed by atoms with E-state index in [9.17, 15) is 0 Å². The molecule has 0 aliphatic carbocycles. The Kier molecular flexibility index (Phi) is 4.42. The quantitative estimate of drug-likeness (QED) is 0.391. The number of benzene rings is 1. The van der Waals surface area contributed by atoms with E-state index in [4.69, 9.17) is 15.7 Å². The lowest BCUT2D eigenvalue weighted by atomic mass is 10.1. The summed E-state index contributed by atoms with van der Waals surface area (Å²) in [7, 11) is 0. The first-order valence-corrected chi connectivity index (χ1v) is 6.78. The molecule has 1 aromatic carbocycles. The number of aryl methyl sites for hydroxylation is 3. The molecule has 2 rings (SSSR count). The van der Waals surface area contributed by atoms with Crippen molar-refractivity contribution in [3.8, 4) is 11.6 Å². The van der Waals surface area contributed by atoms with Gasteiger partial charge in [-0.25, -0.2) is 4.98 Å². The lowest BCUT2D eigenvalue weighted by Crippen LogP contribution is -2.17. The molecular formula is C16H19N3O2. The maximum atomic E-state index is 8.93. The molecule has 0 saturated heterocycles. The number of nitrogens with two attached hydrogens (primary N) is 1. The van der Waals surface area contributed by atoms with Gasteiger partial charge in [0.2, 0.25) is 5.88 Å². The standard InChI is InChI=1S/C16H19N3O2/c1-4-12-6-5-7-13(9-12)21-16-14(15(17)19-20)10(2)8-11(3)18-16/h5-9,20H,4H2,1-3H3,(H2,17,19). The van der Waals surface area contributed by atoms with Gasteiger partial charge in [-0.3, -0.25) is 0 Å². The third-order valence-electron chi connectivity index (χ3n) is 3.20. The average molecular weight is 285 g/mol. The molecule has 5 heteroatoms. The smallest absolute Gasteiger partial charge is 0.230 e. The summed E-state index contributed by atoms with van der Waals surface area (Å²) in [6, 6.07) is 9.64. The van der Waals surface area contributed by atoms with Crippen molar-refractivity contribution >= 4 is 5.84 Å². The maximum Gasteiger partial charge on any atom is 0.230 e. The average Bonchev–Trinajstić information content (AvgIpc) is 2.46. The molecule has 0 aliphatic rings. The Hall–Kier alpha value is -2.56. The highest BCUT2D eigenvalue weighted by molar-refractivity contribution is 6.00. The lowest BCUT2D eigenvalue weighted by Gasteiger charge is -2.13. The molecule has 2 aromatic rings. The van der Waals surface area contributed by atoms with Crippen molar-refractivity contribution in [1.29, 1.82) is 0 Å². The van der Waals surface area contributed by atoms with Gasteiger partial charge in [0.05, 0.1) is 5.56 Å². The van der Waals surface area contributed by atoms with Crippen LogP contribution in [0.4, 0.5) is 0 Å². The SMILES string of the molecule is CCc1cccc(Oc2nc(C)cc(C)c2C(N)=NO)c1. The monoisotopic (exact) mass is 285 g/mol. The lowest BCUT2D eigenvalue weighted by molar-refractivity contribution is 0.318. The fraction of sp³-hybridized carbons (Fsp3) is 0.250. The van der Waals surface area contributed by atoms with Crippen LogP contribution >= 0.6 is 0 Å². The maximum absolute atomic E-state index is 8.93. The summed E-state index contributed by atoms with van der Waals surface area (Å²) in [5.74, 6) is 1.01. The van der Waals surface area contributed by atoms with Gasteiger partial charge < -0.3 is 15.7 Å². The minimum Gasteiger partial charge on any atom is -0.438 e. The highest BCUT2D eigenvalue weighted by atomic mass is 16.5. The van der Waals surface area contributed by atoms with Crippen LogP contribution in [-0.2, 0) is 6.42 Å². The number of oxime groups is 1. The van der Waals surface area contributed by atoms with Crippen LogP contribution in [0, 0.1) is 13.8 Å². The Bertz CT molecular complexity index is 681. The Morgan fingerprint density at radius 1 is 1.33 bits per heavy atom. The van der Waals surface area contributed by atoms with Crippen LogP contribution in [0.3, 0.4) is 0 Å². The number of pyridine rings is 1. The predicted molar refractivity (Wildman–Crippen MR) is 82.1 cm³/mol. The molecule has 0 atom stereocenters. The van der Waals surface area contributed by atoms with Gasteiger partial charge in [0.1, 0.15) is 5.75 Å². The molecule has 0 spiro atoms. The molecule has 1 aromatic heterocycles. The molecule has 0 amide bonds. The van der Waals surface area contributed by atoms with Crippen LogP contribution in [0.15, 0.2) is 35.5 Å². The Morgan fingerprint density at radius 3 is 2.76 bits per heavy atom. The molecule has 5 nitrogen and oxygen atoms in total. The first-order chi connectivity index (χ1) is 10.0. The zero-order valence-corrected chi connectivity index (χ0v) is 12.4. The second-order valence-corrected chi connectivity index (χ2v) is 4.85. The molecule has 0 bridgehead atoms. The molecule has 0 unspecified atom stereocenters. The van der Waals surface area contributed by atoms with Gasteiger partial charge in [-0.2, -0.15) is 0 Å². The van der Waals surface area contributed by atoms with Crippen molar-refractivity contribution in [1.82, 2.24) is 4.98 Å². The van der Waals surface area contributed by atoms with Crippen LogP contribution < -0.4 is 10.5 Å². The summed E-state index contributed by atoms with van der Waals surface area (Å²) in [6.07, 6.45) is 0.921. The Morgan fingerprint density at radius 2 is 2.10 bits per heavy atom. The van der Waals surface area contributed by atoms with Gasteiger partial charge in [-0.05, 0) is 49.6 Å². The van der Waals surface area contributed by atoms with E-state index < -0.39 is 0 Å². The van der Waals surface area contributed by atoms with Crippen LogP contribution in [0.2, 0.25) is 0 Å². The second-order valence-electron chi connectivity index (χ2n) is 4.85. The van der Waals surface area contributed by atoms with Crippen molar-refractivity contribution in [2.24, 2.45) is 10.9 Å². The molecule has 21 heavy (non-hydrogen) atoms. The number of aromatic nitrogens is 1. The van der Waals surface area contributed by atoms with Crippen molar-refractivity contribution in [2.75, 3.05) is 0 Å². The number of nitrogens with zero attached hydrogens (tertiary/aromatic N) is 2. The van der Waals surface area contributed by atoms with Crippen molar-refractivity contribution in [2.45, 2.75) is 27.2 Å². The molecule has 0 fully saturated rings. The van der Waals surface area contributed by atoms with Crippen LogP contribution in [0.1, 0.15) is 29.3 Å². The summed E-state index contributed by atoms with van der Waals surface area (Å²) in [6.45, 7) is 5.83. The van der Waals surface area contributed by atoms with E-state index in [0.29, 0.717) is 17.2 Å². The topological polar surface area (TPSA) is 80.7 Å². The van der Waals surface area contributed by atoms with Gasteiger partial charge >= 0.3 is 0 Å². The van der Waals surface area contributed by atoms with E-state index in [-0.39, 0.29) is 5.84 Å².